The third kappa shape index (κ3) is 1.36. The summed E-state index contributed by atoms with van der Waals surface area (Å²) in [7, 11) is 0. The summed E-state index contributed by atoms with van der Waals surface area (Å²) >= 11 is 1.74. The van der Waals surface area contributed by atoms with Gasteiger partial charge in [0, 0.05) is 4.53 Å². The maximum Gasteiger partial charge on any atom is 0.0339 e. The SMILES string of the molecule is C=C/C=c1/scc/c1=C/C. The van der Waals surface area contributed by atoms with Crippen LogP contribution >= 0.6 is 11.3 Å². The van der Waals surface area contributed by atoms with E-state index in [4.69, 9.17) is 0 Å². The van der Waals surface area contributed by atoms with Crippen LogP contribution in [0.1, 0.15) is 6.92 Å². The van der Waals surface area contributed by atoms with Gasteiger partial charge in [-0.2, -0.15) is 0 Å². The molecule has 0 aliphatic rings. The number of hydrogen-bond acceptors (Lipinski definition) is 1. The van der Waals surface area contributed by atoms with Gasteiger partial charge in [-0.1, -0.05) is 18.7 Å². The summed E-state index contributed by atoms with van der Waals surface area (Å²) in [5.74, 6) is 0. The average Bonchev–Trinajstić information content (AvgIpc) is 2.36. The first kappa shape index (κ1) is 7.29. The lowest BCUT2D eigenvalue weighted by Gasteiger charge is -1.72. The smallest absolute Gasteiger partial charge is 0.0339 e. The van der Waals surface area contributed by atoms with Gasteiger partial charge in [0.1, 0.15) is 0 Å². The Morgan fingerprint density at radius 1 is 1.60 bits per heavy atom. The fourth-order valence-electron chi connectivity index (χ4n) is 0.812. The highest BCUT2D eigenvalue weighted by Gasteiger charge is 1.80. The quantitative estimate of drug-likeness (QED) is 0.569. The molecule has 1 heterocycles. The van der Waals surface area contributed by atoms with E-state index >= 15 is 0 Å². The third-order valence-electron chi connectivity index (χ3n) is 1.31. The molecule has 0 aliphatic carbocycles. The lowest BCUT2D eigenvalue weighted by molar-refractivity contribution is 1.68. The van der Waals surface area contributed by atoms with Crippen LogP contribution in [-0.2, 0) is 0 Å². The molecule has 0 N–H and O–H groups in total. The van der Waals surface area contributed by atoms with E-state index in [0.717, 1.165) is 0 Å². The van der Waals surface area contributed by atoms with Crippen molar-refractivity contribution >= 4 is 23.5 Å². The van der Waals surface area contributed by atoms with E-state index < -0.39 is 0 Å². The van der Waals surface area contributed by atoms with E-state index in [-0.39, 0.29) is 0 Å². The van der Waals surface area contributed by atoms with Crippen molar-refractivity contribution in [3.63, 3.8) is 0 Å². The second kappa shape index (κ2) is 3.37. The molecule has 10 heavy (non-hydrogen) atoms. The minimum Gasteiger partial charge on any atom is -0.144 e. The predicted molar refractivity (Wildman–Crippen MR) is 48.4 cm³/mol. The molecule has 0 bridgehead atoms. The number of thiophene rings is 1. The highest BCUT2D eigenvalue weighted by molar-refractivity contribution is 7.07. The molecule has 0 nitrogen and oxygen atoms in total. The molecule has 1 rings (SSSR count). The van der Waals surface area contributed by atoms with E-state index in [1.807, 2.05) is 19.1 Å². The molecule has 1 aromatic rings. The molecule has 0 fully saturated rings. The van der Waals surface area contributed by atoms with Gasteiger partial charge in [-0.05, 0) is 29.7 Å². The molecule has 1 aromatic heterocycles. The predicted octanol–water partition coefficient (Wildman–Crippen LogP) is 1.52. The first-order chi connectivity index (χ1) is 4.88. The minimum absolute atomic E-state index is 1.29. The highest BCUT2D eigenvalue weighted by atomic mass is 32.1. The zero-order valence-corrected chi connectivity index (χ0v) is 6.82. The molecular weight excluding hydrogens is 140 g/mol. The summed E-state index contributed by atoms with van der Waals surface area (Å²) < 4.78 is 1.29. The van der Waals surface area contributed by atoms with Crippen molar-refractivity contribution in [2.45, 2.75) is 6.92 Å². The van der Waals surface area contributed by atoms with Gasteiger partial charge in [0.15, 0.2) is 0 Å². The maximum absolute atomic E-state index is 3.65. The van der Waals surface area contributed by atoms with Crippen molar-refractivity contribution in [3.05, 3.63) is 33.9 Å². The maximum atomic E-state index is 3.65. The van der Waals surface area contributed by atoms with Gasteiger partial charge in [-0.15, -0.1) is 11.3 Å². The molecule has 0 aliphatic heterocycles. The van der Waals surface area contributed by atoms with Crippen molar-refractivity contribution in [2.75, 3.05) is 0 Å². The lowest BCUT2D eigenvalue weighted by Crippen LogP contribution is -2.15. The topological polar surface area (TPSA) is 0 Å². The van der Waals surface area contributed by atoms with Crippen LogP contribution in [0.25, 0.3) is 12.2 Å². The molecule has 0 saturated heterocycles. The van der Waals surface area contributed by atoms with Gasteiger partial charge in [0.25, 0.3) is 0 Å². The molecule has 0 unspecified atom stereocenters. The Labute approximate surface area is 64.8 Å². The van der Waals surface area contributed by atoms with Crippen LogP contribution in [0.15, 0.2) is 24.1 Å². The molecule has 0 spiro atoms. The van der Waals surface area contributed by atoms with E-state index in [0.29, 0.717) is 0 Å². The molecular formula is C9H10S. The Bertz CT molecular complexity index is 317. The Hall–Kier alpha value is -0.820. The molecule has 0 atom stereocenters. The van der Waals surface area contributed by atoms with Crippen LogP contribution < -0.4 is 9.75 Å². The Kier molecular flexibility index (Phi) is 2.46. The summed E-state index contributed by atoms with van der Waals surface area (Å²) in [6.07, 6.45) is 5.95. The summed E-state index contributed by atoms with van der Waals surface area (Å²) in [5, 5.41) is 3.38. The summed E-state index contributed by atoms with van der Waals surface area (Å²) in [6.45, 7) is 5.69. The average molecular weight is 150 g/mol. The van der Waals surface area contributed by atoms with Crippen molar-refractivity contribution in [1.82, 2.24) is 0 Å². The van der Waals surface area contributed by atoms with Gasteiger partial charge in [-0.25, -0.2) is 0 Å². The van der Waals surface area contributed by atoms with Crippen LogP contribution in [0.5, 0.6) is 0 Å². The zero-order chi connectivity index (χ0) is 7.40. The van der Waals surface area contributed by atoms with Crippen molar-refractivity contribution in [1.29, 1.82) is 0 Å². The van der Waals surface area contributed by atoms with Crippen LogP contribution in [0, 0.1) is 0 Å². The molecule has 0 radical (unpaired) electrons. The fraction of sp³-hybridized carbons (Fsp3) is 0.111. The van der Waals surface area contributed by atoms with Crippen LogP contribution in [0.4, 0.5) is 0 Å². The molecule has 1 heteroatoms. The standard InChI is InChI=1S/C9H10S/c1-3-5-9-8(4-2)6-7-10-9/h3-7H,1H2,2H3/b8-4-,9-5+. The number of hydrogen-bond donors (Lipinski definition) is 0. The summed E-state index contributed by atoms with van der Waals surface area (Å²) in [4.78, 5) is 0. The Morgan fingerprint density at radius 2 is 2.40 bits per heavy atom. The normalized spacial score (nSPS) is 14.1. The monoisotopic (exact) mass is 150 g/mol. The van der Waals surface area contributed by atoms with Crippen LogP contribution in [0.3, 0.4) is 0 Å². The van der Waals surface area contributed by atoms with E-state index in [1.54, 1.807) is 11.3 Å². The summed E-state index contributed by atoms with van der Waals surface area (Å²) in [6, 6.07) is 2.11. The molecule has 0 aromatic carbocycles. The first-order valence-corrected chi connectivity index (χ1v) is 4.09. The van der Waals surface area contributed by atoms with Gasteiger partial charge < -0.3 is 0 Å². The Balaban J connectivity index is 3.41. The first-order valence-electron chi connectivity index (χ1n) is 3.21. The Morgan fingerprint density at radius 3 is 3.00 bits per heavy atom. The number of rotatable bonds is 1. The highest BCUT2D eigenvalue weighted by Crippen LogP contribution is 1.81. The van der Waals surface area contributed by atoms with Crippen LogP contribution in [0.2, 0.25) is 0 Å². The lowest BCUT2D eigenvalue weighted by atomic mass is 10.4. The molecule has 52 valence electrons. The second-order valence-corrected chi connectivity index (χ2v) is 2.88. The summed E-state index contributed by atoms with van der Waals surface area (Å²) in [5.41, 5.74) is 0. The van der Waals surface area contributed by atoms with Crippen molar-refractivity contribution in [3.8, 4) is 0 Å². The van der Waals surface area contributed by atoms with Gasteiger partial charge in [0.05, 0.1) is 0 Å². The third-order valence-corrected chi connectivity index (χ3v) is 2.21. The fourth-order valence-corrected chi connectivity index (χ4v) is 1.67. The largest absolute Gasteiger partial charge is 0.144 e. The zero-order valence-electron chi connectivity index (χ0n) is 6.00. The van der Waals surface area contributed by atoms with Crippen molar-refractivity contribution < 1.29 is 0 Å². The van der Waals surface area contributed by atoms with E-state index in [9.17, 15) is 0 Å². The molecule has 0 amide bonds. The van der Waals surface area contributed by atoms with Gasteiger partial charge >= 0.3 is 0 Å². The van der Waals surface area contributed by atoms with Crippen LogP contribution in [-0.4, -0.2) is 0 Å². The number of allylic oxidation sites excluding steroid dienone is 1. The van der Waals surface area contributed by atoms with E-state index in [1.165, 1.54) is 9.75 Å². The van der Waals surface area contributed by atoms with Gasteiger partial charge in [0.2, 0.25) is 0 Å². The minimum atomic E-state index is 1.29. The van der Waals surface area contributed by atoms with E-state index in [2.05, 4.69) is 24.1 Å². The van der Waals surface area contributed by atoms with Crippen molar-refractivity contribution in [2.24, 2.45) is 0 Å². The second-order valence-electron chi connectivity index (χ2n) is 1.93. The molecule has 0 saturated carbocycles. The van der Waals surface area contributed by atoms with Gasteiger partial charge in [-0.3, -0.25) is 0 Å².